The molecule has 0 spiro atoms. The molecule has 3 nitrogen and oxygen atoms in total. The summed E-state index contributed by atoms with van der Waals surface area (Å²) in [5.41, 5.74) is 11.1. The number of benzene rings is 8. The molecule has 0 aliphatic carbocycles. The van der Waals surface area contributed by atoms with Gasteiger partial charge in [0.05, 0.1) is 16.1 Å². The maximum atomic E-state index is 7.01. The van der Waals surface area contributed by atoms with Crippen LogP contribution in [0.1, 0.15) is 0 Å². The lowest BCUT2D eigenvalue weighted by Crippen LogP contribution is -2.11. The molecule has 0 unspecified atom stereocenters. The lowest BCUT2D eigenvalue weighted by molar-refractivity contribution is 0.664. The molecule has 3 heterocycles. The van der Waals surface area contributed by atoms with Gasteiger partial charge >= 0.3 is 0 Å². The molecule has 0 saturated heterocycles. The molecule has 11 aromatic rings. The second-order valence-electron chi connectivity index (χ2n) is 13.2. The van der Waals surface area contributed by atoms with E-state index in [1.54, 1.807) is 0 Å². The quantitative estimate of drug-likeness (QED) is 0.181. The van der Waals surface area contributed by atoms with Crippen molar-refractivity contribution in [2.24, 2.45) is 0 Å². The van der Waals surface area contributed by atoms with E-state index in [9.17, 15) is 0 Å². The van der Waals surface area contributed by atoms with Gasteiger partial charge in [0.15, 0.2) is 0 Å². The van der Waals surface area contributed by atoms with Crippen molar-refractivity contribution in [1.29, 1.82) is 0 Å². The fourth-order valence-corrected chi connectivity index (χ4v) is 9.18. The Kier molecular flexibility index (Phi) is 6.42. The number of hydrogen-bond donors (Lipinski definition) is 0. The molecule has 11 rings (SSSR count). The van der Waals surface area contributed by atoms with Gasteiger partial charge in [0.25, 0.3) is 0 Å². The Morgan fingerprint density at radius 3 is 1.98 bits per heavy atom. The minimum absolute atomic E-state index is 0.826. The Bertz CT molecular complexity index is 3130. The topological polar surface area (TPSA) is 29.5 Å². The Balaban J connectivity index is 1.20. The highest BCUT2D eigenvalue weighted by atomic mass is 32.1. The summed E-state index contributed by atoms with van der Waals surface area (Å²) in [5, 5.41) is 6.78. The molecule has 0 fully saturated rings. The van der Waals surface area contributed by atoms with Crippen LogP contribution in [0.2, 0.25) is 0 Å². The third kappa shape index (κ3) is 4.38. The zero-order valence-electron chi connectivity index (χ0n) is 27.9. The predicted molar refractivity (Wildman–Crippen MR) is 219 cm³/mol. The lowest BCUT2D eigenvalue weighted by atomic mass is 9.96. The minimum Gasteiger partial charge on any atom is -0.456 e. The van der Waals surface area contributed by atoms with E-state index in [1.807, 2.05) is 23.5 Å². The van der Waals surface area contributed by atoms with Crippen LogP contribution in [0.3, 0.4) is 0 Å². The summed E-state index contributed by atoms with van der Waals surface area (Å²) in [6.45, 7) is 0. The molecule has 0 aliphatic heterocycles. The van der Waals surface area contributed by atoms with E-state index in [-0.39, 0.29) is 0 Å². The third-order valence-electron chi connectivity index (χ3n) is 10.3. The summed E-state index contributed by atoms with van der Waals surface area (Å²) in [4.78, 5) is 2.41. The average molecular weight is 684 g/mol. The molecule has 3 aromatic heterocycles. The van der Waals surface area contributed by atoms with Crippen molar-refractivity contribution in [3.8, 4) is 22.3 Å². The molecule has 0 aliphatic rings. The highest BCUT2D eigenvalue weighted by molar-refractivity contribution is 7.26. The number of thiophene rings is 1. The van der Waals surface area contributed by atoms with Gasteiger partial charge in [0, 0.05) is 59.9 Å². The van der Waals surface area contributed by atoms with Crippen molar-refractivity contribution in [2.45, 2.75) is 0 Å². The molecule has 8 aromatic carbocycles. The number of nitrogens with zero attached hydrogens (tertiary/aromatic N) is 1. The summed E-state index contributed by atoms with van der Waals surface area (Å²) < 4.78 is 16.0. The molecule has 52 heavy (non-hydrogen) atoms. The first-order valence-electron chi connectivity index (χ1n) is 17.5. The average Bonchev–Trinajstić information content (AvgIpc) is 3.89. The van der Waals surface area contributed by atoms with Crippen LogP contribution in [-0.4, -0.2) is 0 Å². The van der Waals surface area contributed by atoms with Crippen molar-refractivity contribution in [3.63, 3.8) is 0 Å². The van der Waals surface area contributed by atoms with Gasteiger partial charge in [-0.25, -0.2) is 0 Å². The minimum atomic E-state index is 0.826. The summed E-state index contributed by atoms with van der Waals surface area (Å²) >= 11 is 1.84. The van der Waals surface area contributed by atoms with E-state index in [4.69, 9.17) is 8.83 Å². The van der Waals surface area contributed by atoms with Gasteiger partial charge in [-0.15, -0.1) is 11.3 Å². The van der Waals surface area contributed by atoms with Gasteiger partial charge < -0.3 is 13.7 Å². The van der Waals surface area contributed by atoms with Crippen LogP contribution in [0.25, 0.3) is 86.3 Å². The van der Waals surface area contributed by atoms with Gasteiger partial charge in [-0.05, 0) is 53.6 Å². The number of rotatable bonds is 5. The smallest absolute Gasteiger partial charge is 0.144 e. The standard InChI is InChI=1S/C48H29NO2S/c1-3-14-30(15-4-1)33-18-7-10-22-39(33)49(40-23-13-21-36-35-19-9-12-25-44(35)52-48(36)40)32-26-27-34-38-29-43-46(37-20-8-11-24-41(37)50-43)45(31-16-5-2-6-17-31)47(38)51-42(34)28-32/h1-29H. The van der Waals surface area contributed by atoms with E-state index in [1.165, 1.54) is 25.7 Å². The van der Waals surface area contributed by atoms with E-state index in [2.05, 4.69) is 169 Å². The molecular weight excluding hydrogens is 655 g/mol. The van der Waals surface area contributed by atoms with Crippen LogP contribution in [-0.2, 0) is 0 Å². The zero-order chi connectivity index (χ0) is 34.2. The van der Waals surface area contributed by atoms with Gasteiger partial charge in [-0.2, -0.15) is 0 Å². The maximum absolute atomic E-state index is 7.01. The highest BCUT2D eigenvalue weighted by Crippen LogP contribution is 2.49. The second kappa shape index (κ2) is 11.5. The molecule has 0 saturated carbocycles. The summed E-state index contributed by atoms with van der Waals surface area (Å²) in [6, 6.07) is 62.3. The molecule has 0 N–H and O–H groups in total. The van der Waals surface area contributed by atoms with E-state index < -0.39 is 0 Å². The van der Waals surface area contributed by atoms with Crippen molar-refractivity contribution >= 4 is 92.4 Å². The molecule has 0 bridgehead atoms. The Morgan fingerprint density at radius 2 is 1.12 bits per heavy atom. The Labute approximate surface area is 303 Å². The first-order chi connectivity index (χ1) is 25.8. The summed E-state index contributed by atoms with van der Waals surface area (Å²) in [6.07, 6.45) is 0. The molecular formula is C48H29NO2S. The lowest BCUT2D eigenvalue weighted by Gasteiger charge is -2.28. The first kappa shape index (κ1) is 29.1. The van der Waals surface area contributed by atoms with Gasteiger partial charge in [-0.3, -0.25) is 0 Å². The van der Waals surface area contributed by atoms with Crippen LogP contribution >= 0.6 is 11.3 Å². The number of fused-ring (bicyclic) bond motifs is 9. The summed E-state index contributed by atoms with van der Waals surface area (Å²) in [7, 11) is 0. The molecule has 0 radical (unpaired) electrons. The fourth-order valence-electron chi connectivity index (χ4n) is 7.97. The van der Waals surface area contributed by atoms with Crippen molar-refractivity contribution in [1.82, 2.24) is 0 Å². The van der Waals surface area contributed by atoms with Gasteiger partial charge in [0.1, 0.15) is 22.3 Å². The number of hydrogen-bond acceptors (Lipinski definition) is 4. The van der Waals surface area contributed by atoms with Gasteiger partial charge in [-0.1, -0.05) is 127 Å². The second-order valence-corrected chi connectivity index (χ2v) is 14.3. The fraction of sp³-hybridized carbons (Fsp3) is 0. The van der Waals surface area contributed by atoms with E-state index in [0.717, 1.165) is 77.6 Å². The van der Waals surface area contributed by atoms with E-state index >= 15 is 0 Å². The van der Waals surface area contributed by atoms with Crippen LogP contribution in [0.15, 0.2) is 185 Å². The van der Waals surface area contributed by atoms with Crippen molar-refractivity contribution in [3.05, 3.63) is 176 Å². The van der Waals surface area contributed by atoms with Gasteiger partial charge in [0.2, 0.25) is 0 Å². The highest BCUT2D eigenvalue weighted by Gasteiger charge is 2.24. The molecule has 0 atom stereocenters. The third-order valence-corrected chi connectivity index (χ3v) is 11.5. The molecule has 0 amide bonds. The molecule has 244 valence electrons. The monoisotopic (exact) mass is 683 g/mol. The Morgan fingerprint density at radius 1 is 0.423 bits per heavy atom. The van der Waals surface area contributed by atoms with Crippen LogP contribution < -0.4 is 4.90 Å². The van der Waals surface area contributed by atoms with Crippen molar-refractivity contribution < 1.29 is 8.83 Å². The van der Waals surface area contributed by atoms with Crippen LogP contribution in [0.4, 0.5) is 17.1 Å². The van der Waals surface area contributed by atoms with Crippen molar-refractivity contribution in [2.75, 3.05) is 4.90 Å². The maximum Gasteiger partial charge on any atom is 0.144 e. The van der Waals surface area contributed by atoms with E-state index in [0.29, 0.717) is 0 Å². The zero-order valence-corrected chi connectivity index (χ0v) is 28.7. The largest absolute Gasteiger partial charge is 0.456 e. The predicted octanol–water partition coefficient (Wildman–Crippen LogP) is 14.7. The number of para-hydroxylation sites is 2. The first-order valence-corrected chi connectivity index (χ1v) is 18.3. The molecule has 4 heteroatoms. The Hall–Kier alpha value is -6.62. The number of anilines is 3. The summed E-state index contributed by atoms with van der Waals surface area (Å²) in [5.74, 6) is 0. The normalized spacial score (nSPS) is 11.8. The van der Waals surface area contributed by atoms with Crippen LogP contribution in [0, 0.1) is 0 Å². The SMILES string of the molecule is c1ccc(-c2ccccc2N(c2ccc3c(c2)oc2c(-c4ccccc4)c4c(cc23)oc2ccccc24)c2cccc3c2sc2ccccc23)cc1. The van der Waals surface area contributed by atoms with Crippen LogP contribution in [0.5, 0.6) is 0 Å². The number of furan rings is 2.